The molecule has 1 aliphatic carbocycles. The van der Waals surface area contributed by atoms with E-state index in [1.165, 1.54) is 49.8 Å². The molecule has 0 atom stereocenters. The molecular formula is C16H24N4O. The SMILES string of the molecule is NC(=NO)c1cc2c(nc1N1CCCCCC1)CCCC2. The minimum atomic E-state index is 0.176. The Morgan fingerprint density at radius 1 is 1.10 bits per heavy atom. The summed E-state index contributed by atoms with van der Waals surface area (Å²) in [5.74, 6) is 1.09. The Balaban J connectivity index is 2.03. The highest BCUT2D eigenvalue weighted by molar-refractivity contribution is 6.01. The van der Waals surface area contributed by atoms with Crippen molar-refractivity contribution in [2.24, 2.45) is 10.9 Å². The van der Waals surface area contributed by atoms with Crippen molar-refractivity contribution in [3.05, 3.63) is 22.9 Å². The second-order valence-corrected chi connectivity index (χ2v) is 6.06. The van der Waals surface area contributed by atoms with E-state index in [1.807, 2.05) is 0 Å². The lowest BCUT2D eigenvalue weighted by atomic mass is 9.94. The van der Waals surface area contributed by atoms with Gasteiger partial charge in [0.05, 0.1) is 5.56 Å². The summed E-state index contributed by atoms with van der Waals surface area (Å²) in [7, 11) is 0. The minimum Gasteiger partial charge on any atom is -0.409 e. The zero-order valence-electron chi connectivity index (χ0n) is 12.5. The number of aryl methyl sites for hydroxylation is 2. The summed E-state index contributed by atoms with van der Waals surface area (Å²) in [4.78, 5) is 7.22. The lowest BCUT2D eigenvalue weighted by molar-refractivity contribution is 0.318. The fraction of sp³-hybridized carbons (Fsp3) is 0.625. The summed E-state index contributed by atoms with van der Waals surface area (Å²) in [5.41, 5.74) is 9.17. The number of oxime groups is 1. The fourth-order valence-electron chi connectivity index (χ4n) is 3.39. The van der Waals surface area contributed by atoms with Gasteiger partial charge in [0.15, 0.2) is 5.84 Å². The van der Waals surface area contributed by atoms with Gasteiger partial charge >= 0.3 is 0 Å². The molecule has 0 bridgehead atoms. The summed E-state index contributed by atoms with van der Waals surface area (Å²) < 4.78 is 0. The van der Waals surface area contributed by atoms with Crippen molar-refractivity contribution in [2.45, 2.75) is 51.4 Å². The quantitative estimate of drug-likeness (QED) is 0.379. The van der Waals surface area contributed by atoms with Crippen LogP contribution in [0.25, 0.3) is 0 Å². The van der Waals surface area contributed by atoms with Crippen molar-refractivity contribution in [1.29, 1.82) is 0 Å². The predicted molar refractivity (Wildman–Crippen MR) is 84.1 cm³/mol. The van der Waals surface area contributed by atoms with E-state index in [-0.39, 0.29) is 5.84 Å². The van der Waals surface area contributed by atoms with Gasteiger partial charge in [0.25, 0.3) is 0 Å². The molecule has 1 aliphatic heterocycles. The Bertz CT molecular complexity index is 533. The number of nitrogens with two attached hydrogens (primary N) is 1. The number of pyridine rings is 1. The first-order valence-corrected chi connectivity index (χ1v) is 8.05. The van der Waals surface area contributed by atoms with E-state index in [4.69, 9.17) is 15.9 Å². The van der Waals surface area contributed by atoms with E-state index in [0.29, 0.717) is 0 Å². The zero-order valence-corrected chi connectivity index (χ0v) is 12.5. The second-order valence-electron chi connectivity index (χ2n) is 6.06. The molecule has 0 amide bonds. The van der Waals surface area contributed by atoms with Crippen LogP contribution in [0.3, 0.4) is 0 Å². The van der Waals surface area contributed by atoms with Crippen LogP contribution in [0.5, 0.6) is 0 Å². The maximum absolute atomic E-state index is 9.09. The van der Waals surface area contributed by atoms with Crippen LogP contribution < -0.4 is 10.6 Å². The van der Waals surface area contributed by atoms with E-state index >= 15 is 0 Å². The van der Waals surface area contributed by atoms with Crippen LogP contribution in [0.15, 0.2) is 11.2 Å². The molecule has 0 unspecified atom stereocenters. The molecule has 3 N–H and O–H groups in total. The molecule has 114 valence electrons. The van der Waals surface area contributed by atoms with Gasteiger partial charge in [-0.3, -0.25) is 0 Å². The molecule has 0 radical (unpaired) electrons. The Kier molecular flexibility index (Phi) is 4.27. The molecule has 0 spiro atoms. The summed E-state index contributed by atoms with van der Waals surface area (Å²) >= 11 is 0. The summed E-state index contributed by atoms with van der Waals surface area (Å²) in [6.07, 6.45) is 9.44. The molecule has 5 nitrogen and oxygen atoms in total. The zero-order chi connectivity index (χ0) is 14.7. The number of nitrogens with zero attached hydrogens (tertiary/aromatic N) is 3. The van der Waals surface area contributed by atoms with E-state index < -0.39 is 0 Å². The summed E-state index contributed by atoms with van der Waals surface area (Å²) in [6, 6.07) is 2.09. The Morgan fingerprint density at radius 2 is 1.81 bits per heavy atom. The van der Waals surface area contributed by atoms with E-state index in [1.54, 1.807) is 0 Å². The van der Waals surface area contributed by atoms with Crippen LogP contribution in [0, 0.1) is 0 Å². The van der Waals surface area contributed by atoms with Crippen LogP contribution in [0.2, 0.25) is 0 Å². The Morgan fingerprint density at radius 3 is 2.52 bits per heavy atom. The average Bonchev–Trinajstić information content (AvgIpc) is 2.82. The van der Waals surface area contributed by atoms with Gasteiger partial charge in [-0.15, -0.1) is 0 Å². The number of hydrogen-bond acceptors (Lipinski definition) is 4. The largest absolute Gasteiger partial charge is 0.409 e. The third-order valence-corrected chi connectivity index (χ3v) is 4.57. The second kappa shape index (κ2) is 6.33. The maximum atomic E-state index is 9.09. The molecule has 1 aromatic heterocycles. The third kappa shape index (κ3) is 2.96. The molecule has 3 rings (SSSR count). The predicted octanol–water partition coefficient (Wildman–Crippen LogP) is 2.44. The van der Waals surface area contributed by atoms with Crippen molar-refractivity contribution < 1.29 is 5.21 Å². The first kappa shape index (κ1) is 14.2. The monoisotopic (exact) mass is 288 g/mol. The van der Waals surface area contributed by atoms with Gasteiger partial charge in [-0.05, 0) is 50.2 Å². The lowest BCUT2D eigenvalue weighted by Gasteiger charge is -2.26. The highest BCUT2D eigenvalue weighted by atomic mass is 16.4. The summed E-state index contributed by atoms with van der Waals surface area (Å²) in [5, 5.41) is 12.3. The normalized spacial score (nSPS) is 20.0. The van der Waals surface area contributed by atoms with Gasteiger partial charge in [-0.25, -0.2) is 4.98 Å². The molecule has 1 saturated heterocycles. The van der Waals surface area contributed by atoms with Crippen molar-refractivity contribution in [3.63, 3.8) is 0 Å². The van der Waals surface area contributed by atoms with E-state index in [0.717, 1.165) is 37.3 Å². The molecule has 2 aliphatic rings. The summed E-state index contributed by atoms with van der Waals surface area (Å²) in [6.45, 7) is 2.02. The lowest BCUT2D eigenvalue weighted by Crippen LogP contribution is -2.29. The Labute approximate surface area is 125 Å². The van der Waals surface area contributed by atoms with Gasteiger partial charge in [0.2, 0.25) is 0 Å². The van der Waals surface area contributed by atoms with Crippen LogP contribution in [0.4, 0.5) is 5.82 Å². The van der Waals surface area contributed by atoms with Crippen molar-refractivity contribution in [2.75, 3.05) is 18.0 Å². The fourth-order valence-corrected chi connectivity index (χ4v) is 3.39. The van der Waals surface area contributed by atoms with Crippen LogP contribution >= 0.6 is 0 Å². The molecule has 1 fully saturated rings. The first-order chi connectivity index (χ1) is 10.3. The molecule has 21 heavy (non-hydrogen) atoms. The molecule has 0 saturated carbocycles. The van der Waals surface area contributed by atoms with Crippen molar-refractivity contribution in [3.8, 4) is 0 Å². The third-order valence-electron chi connectivity index (χ3n) is 4.57. The molecular weight excluding hydrogens is 264 g/mol. The number of anilines is 1. The van der Waals surface area contributed by atoms with Crippen LogP contribution in [0.1, 0.15) is 55.3 Å². The van der Waals surface area contributed by atoms with Crippen molar-refractivity contribution in [1.82, 2.24) is 4.98 Å². The number of hydrogen-bond donors (Lipinski definition) is 2. The van der Waals surface area contributed by atoms with Crippen molar-refractivity contribution >= 4 is 11.7 Å². The van der Waals surface area contributed by atoms with Gasteiger partial charge in [0, 0.05) is 18.8 Å². The molecule has 1 aromatic rings. The topological polar surface area (TPSA) is 74.7 Å². The maximum Gasteiger partial charge on any atom is 0.173 e. The standard InChI is InChI=1S/C16H24N4O/c17-15(19-21)13-11-12-7-3-4-8-14(12)18-16(13)20-9-5-1-2-6-10-20/h11,21H,1-10H2,(H2,17,19). The van der Waals surface area contributed by atoms with Gasteiger partial charge < -0.3 is 15.8 Å². The van der Waals surface area contributed by atoms with Crippen LogP contribution in [-0.4, -0.2) is 29.1 Å². The molecule has 0 aromatic carbocycles. The number of fused-ring (bicyclic) bond motifs is 1. The Hall–Kier alpha value is -1.78. The van der Waals surface area contributed by atoms with Gasteiger partial charge in [0.1, 0.15) is 5.82 Å². The number of amidine groups is 1. The minimum absolute atomic E-state index is 0.176. The van der Waals surface area contributed by atoms with Gasteiger partial charge in [-0.2, -0.15) is 0 Å². The molecule has 2 heterocycles. The highest BCUT2D eigenvalue weighted by Crippen LogP contribution is 2.28. The average molecular weight is 288 g/mol. The van der Waals surface area contributed by atoms with Gasteiger partial charge in [-0.1, -0.05) is 18.0 Å². The van der Waals surface area contributed by atoms with Crippen LogP contribution in [-0.2, 0) is 12.8 Å². The van der Waals surface area contributed by atoms with E-state index in [9.17, 15) is 0 Å². The first-order valence-electron chi connectivity index (χ1n) is 8.05. The highest BCUT2D eigenvalue weighted by Gasteiger charge is 2.21. The number of aromatic nitrogens is 1. The molecule has 5 heteroatoms. The number of rotatable bonds is 2. The van der Waals surface area contributed by atoms with E-state index in [2.05, 4.69) is 16.1 Å². The smallest absolute Gasteiger partial charge is 0.173 e.